The monoisotopic (exact) mass is 277 g/mol. The van der Waals surface area contributed by atoms with Crippen molar-refractivity contribution in [2.24, 2.45) is 0 Å². The Bertz CT molecular complexity index is 527. The molecule has 1 aliphatic rings. The Balaban J connectivity index is 2.08. The molecule has 0 spiro atoms. The summed E-state index contributed by atoms with van der Waals surface area (Å²) in [5, 5.41) is 8.79. The average Bonchev–Trinajstić information content (AvgIpc) is 2.40. The highest BCUT2D eigenvalue weighted by molar-refractivity contribution is 5.94. The van der Waals surface area contributed by atoms with Gasteiger partial charge in [0.1, 0.15) is 0 Å². The van der Waals surface area contributed by atoms with Crippen LogP contribution in [0.3, 0.4) is 0 Å². The number of amides is 1. The van der Waals surface area contributed by atoms with Gasteiger partial charge in [0.25, 0.3) is 5.91 Å². The first-order valence-corrected chi connectivity index (χ1v) is 6.67. The van der Waals surface area contributed by atoms with Crippen molar-refractivity contribution in [2.45, 2.75) is 26.4 Å². The van der Waals surface area contributed by atoms with Gasteiger partial charge in [-0.2, -0.15) is 0 Å². The first kappa shape index (κ1) is 14.5. The molecule has 1 fully saturated rings. The second-order valence-electron chi connectivity index (χ2n) is 5.14. The molecule has 1 aliphatic heterocycles. The van der Waals surface area contributed by atoms with Gasteiger partial charge in [-0.3, -0.25) is 9.59 Å². The normalized spacial score (nSPS) is 18.9. The smallest absolute Gasteiger partial charge is 0.306 e. The summed E-state index contributed by atoms with van der Waals surface area (Å²) in [6.07, 6.45) is -0.492. The number of carbonyl (C=O) groups is 2. The molecule has 1 saturated heterocycles. The zero-order valence-corrected chi connectivity index (χ0v) is 11.8. The number of hydrogen-bond donors (Lipinski definition) is 1. The van der Waals surface area contributed by atoms with Crippen molar-refractivity contribution < 1.29 is 19.4 Å². The molecule has 1 atom stereocenters. The lowest BCUT2D eigenvalue weighted by atomic mass is 10.0. The van der Waals surface area contributed by atoms with E-state index in [0.29, 0.717) is 25.3 Å². The number of benzene rings is 1. The van der Waals surface area contributed by atoms with Crippen LogP contribution in [0.2, 0.25) is 0 Å². The maximum absolute atomic E-state index is 12.4. The van der Waals surface area contributed by atoms with Crippen LogP contribution in [0.15, 0.2) is 18.2 Å². The van der Waals surface area contributed by atoms with Gasteiger partial charge in [0.05, 0.1) is 19.1 Å². The fourth-order valence-electron chi connectivity index (χ4n) is 2.28. The highest BCUT2D eigenvalue weighted by Crippen LogP contribution is 2.15. The number of carbonyl (C=O) groups excluding carboxylic acids is 1. The van der Waals surface area contributed by atoms with E-state index in [1.807, 2.05) is 32.0 Å². The van der Waals surface area contributed by atoms with E-state index >= 15 is 0 Å². The van der Waals surface area contributed by atoms with Gasteiger partial charge in [-0.25, -0.2) is 0 Å². The van der Waals surface area contributed by atoms with Gasteiger partial charge in [0.2, 0.25) is 0 Å². The van der Waals surface area contributed by atoms with Gasteiger partial charge < -0.3 is 14.7 Å². The predicted molar refractivity (Wildman–Crippen MR) is 73.8 cm³/mol. The second kappa shape index (κ2) is 6.05. The van der Waals surface area contributed by atoms with Crippen LogP contribution >= 0.6 is 0 Å². The minimum Gasteiger partial charge on any atom is -0.481 e. The largest absolute Gasteiger partial charge is 0.481 e. The van der Waals surface area contributed by atoms with Crippen molar-refractivity contribution >= 4 is 11.9 Å². The molecule has 5 nitrogen and oxygen atoms in total. The van der Waals surface area contributed by atoms with E-state index in [1.54, 1.807) is 4.90 Å². The zero-order chi connectivity index (χ0) is 14.7. The molecule has 0 radical (unpaired) electrons. The molecule has 1 heterocycles. The van der Waals surface area contributed by atoms with Crippen LogP contribution < -0.4 is 0 Å². The summed E-state index contributed by atoms with van der Waals surface area (Å²) in [5.74, 6) is -0.970. The average molecular weight is 277 g/mol. The molecule has 20 heavy (non-hydrogen) atoms. The van der Waals surface area contributed by atoms with Crippen molar-refractivity contribution in [3.63, 3.8) is 0 Å². The van der Waals surface area contributed by atoms with Gasteiger partial charge in [-0.15, -0.1) is 0 Å². The lowest BCUT2D eigenvalue weighted by Crippen LogP contribution is -2.46. The molecule has 1 amide bonds. The fourth-order valence-corrected chi connectivity index (χ4v) is 2.28. The van der Waals surface area contributed by atoms with Gasteiger partial charge in [-0.1, -0.05) is 6.07 Å². The summed E-state index contributed by atoms with van der Waals surface area (Å²) in [5.41, 5.74) is 2.86. The minimum atomic E-state index is -0.907. The lowest BCUT2D eigenvalue weighted by molar-refractivity contribution is -0.141. The van der Waals surface area contributed by atoms with Crippen LogP contribution in [0.5, 0.6) is 0 Å². The quantitative estimate of drug-likeness (QED) is 0.911. The third-order valence-electron chi connectivity index (χ3n) is 3.58. The molecule has 1 N–H and O–H groups in total. The number of morpholine rings is 1. The molecular weight excluding hydrogens is 258 g/mol. The van der Waals surface area contributed by atoms with Crippen molar-refractivity contribution in [1.29, 1.82) is 0 Å². The molecule has 2 rings (SSSR count). The van der Waals surface area contributed by atoms with E-state index in [2.05, 4.69) is 0 Å². The fraction of sp³-hybridized carbons (Fsp3) is 0.467. The Kier molecular flexibility index (Phi) is 4.39. The van der Waals surface area contributed by atoms with Gasteiger partial charge in [0.15, 0.2) is 0 Å². The predicted octanol–water partition coefficient (Wildman–Crippen LogP) is 1.62. The van der Waals surface area contributed by atoms with Crippen LogP contribution in [0.25, 0.3) is 0 Å². The Morgan fingerprint density at radius 1 is 1.35 bits per heavy atom. The van der Waals surface area contributed by atoms with E-state index < -0.39 is 12.1 Å². The summed E-state index contributed by atoms with van der Waals surface area (Å²) in [6.45, 7) is 5.19. The number of aliphatic carboxylic acids is 1. The van der Waals surface area contributed by atoms with Gasteiger partial charge in [0, 0.05) is 18.7 Å². The maximum Gasteiger partial charge on any atom is 0.306 e. The van der Waals surface area contributed by atoms with Crippen LogP contribution in [-0.2, 0) is 9.53 Å². The molecule has 1 aromatic carbocycles. The summed E-state index contributed by atoms with van der Waals surface area (Å²) in [6, 6.07) is 5.61. The van der Waals surface area contributed by atoms with Crippen LogP contribution in [0.4, 0.5) is 0 Å². The number of ether oxygens (including phenoxy) is 1. The first-order chi connectivity index (χ1) is 9.47. The van der Waals surface area contributed by atoms with E-state index in [9.17, 15) is 9.59 Å². The summed E-state index contributed by atoms with van der Waals surface area (Å²) in [7, 11) is 0. The SMILES string of the molecule is Cc1ccc(C(=O)N2CCOC(CC(=O)O)C2)cc1C. The molecule has 1 unspecified atom stereocenters. The van der Waals surface area contributed by atoms with E-state index in [0.717, 1.165) is 11.1 Å². The Morgan fingerprint density at radius 3 is 2.75 bits per heavy atom. The zero-order valence-electron chi connectivity index (χ0n) is 11.8. The Morgan fingerprint density at radius 2 is 2.10 bits per heavy atom. The van der Waals surface area contributed by atoms with E-state index in [-0.39, 0.29) is 12.3 Å². The summed E-state index contributed by atoms with van der Waals surface area (Å²) < 4.78 is 5.37. The number of rotatable bonds is 3. The molecule has 108 valence electrons. The minimum absolute atomic E-state index is 0.0632. The van der Waals surface area contributed by atoms with Crippen molar-refractivity contribution in [3.8, 4) is 0 Å². The van der Waals surface area contributed by atoms with Crippen LogP contribution in [-0.4, -0.2) is 47.7 Å². The van der Waals surface area contributed by atoms with Crippen LogP contribution in [0.1, 0.15) is 27.9 Å². The molecule has 0 bridgehead atoms. The van der Waals surface area contributed by atoms with E-state index in [4.69, 9.17) is 9.84 Å². The first-order valence-electron chi connectivity index (χ1n) is 6.67. The highest BCUT2D eigenvalue weighted by atomic mass is 16.5. The molecular formula is C15H19NO4. The lowest BCUT2D eigenvalue weighted by Gasteiger charge is -2.32. The van der Waals surface area contributed by atoms with Crippen molar-refractivity contribution in [1.82, 2.24) is 4.90 Å². The van der Waals surface area contributed by atoms with Crippen LogP contribution in [0, 0.1) is 13.8 Å². The van der Waals surface area contributed by atoms with E-state index in [1.165, 1.54) is 0 Å². The standard InChI is InChI=1S/C15H19NO4/c1-10-3-4-12(7-11(10)2)15(19)16-5-6-20-13(9-16)8-14(17)18/h3-4,7,13H,5-6,8-9H2,1-2H3,(H,17,18). The molecule has 0 aliphatic carbocycles. The topological polar surface area (TPSA) is 66.8 Å². The van der Waals surface area contributed by atoms with Crippen molar-refractivity contribution in [3.05, 3.63) is 34.9 Å². The molecule has 1 aromatic rings. The molecule has 0 aromatic heterocycles. The Labute approximate surface area is 118 Å². The second-order valence-corrected chi connectivity index (χ2v) is 5.14. The molecule has 5 heteroatoms. The van der Waals surface area contributed by atoms with Gasteiger partial charge in [-0.05, 0) is 37.1 Å². The summed E-state index contributed by atoms with van der Waals surface area (Å²) >= 11 is 0. The summed E-state index contributed by atoms with van der Waals surface area (Å²) in [4.78, 5) is 24.8. The number of carboxylic acids is 1. The number of carboxylic acid groups (broad SMARTS) is 1. The number of nitrogens with zero attached hydrogens (tertiary/aromatic N) is 1. The van der Waals surface area contributed by atoms with Gasteiger partial charge >= 0.3 is 5.97 Å². The highest BCUT2D eigenvalue weighted by Gasteiger charge is 2.26. The third kappa shape index (κ3) is 3.36. The maximum atomic E-state index is 12.4. The van der Waals surface area contributed by atoms with Crippen molar-refractivity contribution in [2.75, 3.05) is 19.7 Å². The number of hydrogen-bond acceptors (Lipinski definition) is 3. The third-order valence-corrected chi connectivity index (χ3v) is 3.58. The Hall–Kier alpha value is -1.88. The molecule has 0 saturated carbocycles. The number of aryl methyl sites for hydroxylation is 2.